The third-order valence-corrected chi connectivity index (χ3v) is 16.6. The number of ether oxygens (including phenoxy) is 2. The fourth-order valence-electron chi connectivity index (χ4n) is 12.7. The van der Waals surface area contributed by atoms with Gasteiger partial charge in [-0.1, -0.05) is 122 Å². The third-order valence-electron chi connectivity index (χ3n) is 16.6. The van der Waals surface area contributed by atoms with E-state index >= 15 is 0 Å². The smallest absolute Gasteiger partial charge is 0.426 e. The maximum atomic E-state index is 14.0. The van der Waals surface area contributed by atoms with Crippen molar-refractivity contribution in [1.82, 2.24) is 0 Å². The molecular formula is C53H74F10O2. The maximum absolute atomic E-state index is 14.0. The summed E-state index contributed by atoms with van der Waals surface area (Å²) in [5.74, 6) is 3.66. The van der Waals surface area contributed by atoms with Gasteiger partial charge < -0.3 is 9.47 Å². The summed E-state index contributed by atoms with van der Waals surface area (Å²) in [7, 11) is 0. The van der Waals surface area contributed by atoms with Crippen LogP contribution in [0.15, 0.2) is 48.5 Å². The van der Waals surface area contributed by atoms with Gasteiger partial charge in [0.15, 0.2) is 0 Å². The lowest BCUT2D eigenvalue weighted by molar-refractivity contribution is -0.360. The molecule has 4 aliphatic carbocycles. The van der Waals surface area contributed by atoms with Crippen molar-refractivity contribution in [1.29, 1.82) is 0 Å². The number of halogens is 10. The number of rotatable bonds is 20. The van der Waals surface area contributed by atoms with Gasteiger partial charge in [-0.25, -0.2) is 0 Å². The van der Waals surface area contributed by atoms with E-state index in [1.165, 1.54) is 121 Å². The normalized spacial score (nSPS) is 28.4. The minimum atomic E-state index is -5.89. The molecule has 0 amide bonds. The average molecular weight is 933 g/mol. The van der Waals surface area contributed by atoms with Gasteiger partial charge >= 0.3 is 24.6 Å². The Morgan fingerprint density at radius 1 is 0.462 bits per heavy atom. The van der Waals surface area contributed by atoms with Crippen molar-refractivity contribution < 1.29 is 53.4 Å². The van der Waals surface area contributed by atoms with Crippen LogP contribution >= 0.6 is 0 Å². The lowest BCUT2D eigenvalue weighted by Crippen LogP contribution is -2.41. The highest BCUT2D eigenvalue weighted by Gasteiger charge is 2.62. The van der Waals surface area contributed by atoms with Crippen LogP contribution in [-0.2, 0) is 6.42 Å². The lowest BCUT2D eigenvalue weighted by atomic mass is 9.62. The van der Waals surface area contributed by atoms with Crippen LogP contribution in [0.5, 0.6) is 11.5 Å². The van der Waals surface area contributed by atoms with Gasteiger partial charge in [-0.2, -0.15) is 43.9 Å². The SMILES string of the molecule is CCCCCC1CCC(C2CCC(CC(c3ccc(OC(F)(F)C(F)(F)F)cc3)C(Cc3ccc(OC(F)(F)C(F)(F)F)cc3)C3CCC(C4CCC(CCCC)CC4)CC3)CC2)CC1. The van der Waals surface area contributed by atoms with Crippen molar-refractivity contribution >= 4 is 0 Å². The van der Waals surface area contributed by atoms with Crippen LogP contribution in [0.3, 0.4) is 0 Å². The molecule has 0 N–H and O–H groups in total. The zero-order chi connectivity index (χ0) is 46.8. The monoisotopic (exact) mass is 933 g/mol. The largest absolute Gasteiger partial charge is 0.499 e. The van der Waals surface area contributed by atoms with Crippen molar-refractivity contribution in [2.45, 2.75) is 205 Å². The second-order valence-electron chi connectivity index (χ2n) is 20.8. The summed E-state index contributed by atoms with van der Waals surface area (Å²) < 4.78 is 142. The van der Waals surface area contributed by atoms with Gasteiger partial charge in [0.05, 0.1) is 0 Å². The second-order valence-corrected chi connectivity index (χ2v) is 20.8. The molecule has 12 heteroatoms. The van der Waals surface area contributed by atoms with Gasteiger partial charge in [0.1, 0.15) is 11.5 Å². The molecule has 2 nitrogen and oxygen atoms in total. The van der Waals surface area contributed by atoms with E-state index in [1.807, 2.05) is 0 Å². The Morgan fingerprint density at radius 3 is 1.26 bits per heavy atom. The fourth-order valence-corrected chi connectivity index (χ4v) is 12.7. The standard InChI is InChI=1S/C53H74F10O2/c1-3-5-7-9-37-12-20-40(21-13-37)42-22-14-38(15-23-42)34-49(45-28-32-47(33-29-45)65-53(62,63)51(57,58)59)48(35-39-16-30-46(31-17-39)64-52(60,61)50(54,55)56)44-26-24-43(25-27-44)41-18-10-36(11-19-41)8-6-4-2/h16-17,28-33,36-38,40-44,48-49H,3-15,18-27,34-35H2,1-2H3. The van der Waals surface area contributed by atoms with Crippen LogP contribution in [-0.4, -0.2) is 24.6 Å². The van der Waals surface area contributed by atoms with Crippen LogP contribution in [0, 0.1) is 53.3 Å². The van der Waals surface area contributed by atoms with Crippen LogP contribution in [0.2, 0.25) is 0 Å². The Bertz CT molecular complexity index is 1660. The van der Waals surface area contributed by atoms with E-state index < -0.39 is 36.1 Å². The minimum Gasteiger partial charge on any atom is -0.426 e. The quantitative estimate of drug-likeness (QED) is 0.0973. The molecule has 0 radical (unpaired) electrons. The third kappa shape index (κ3) is 14.4. The van der Waals surface area contributed by atoms with Gasteiger partial charge in [-0.05, 0) is 172 Å². The molecular weight excluding hydrogens is 859 g/mol. The Kier molecular flexibility index (Phi) is 18.4. The first-order valence-electron chi connectivity index (χ1n) is 25.3. The predicted octanol–water partition coefficient (Wildman–Crippen LogP) is 18.1. The van der Waals surface area contributed by atoms with Gasteiger partial charge in [-0.3, -0.25) is 0 Å². The van der Waals surface area contributed by atoms with Crippen LogP contribution < -0.4 is 9.47 Å². The number of alkyl halides is 10. The van der Waals surface area contributed by atoms with Crippen molar-refractivity contribution in [3.05, 3.63) is 59.7 Å². The van der Waals surface area contributed by atoms with E-state index in [0.717, 1.165) is 98.8 Å². The summed E-state index contributed by atoms with van der Waals surface area (Å²) in [6.45, 7) is 4.48. The van der Waals surface area contributed by atoms with E-state index in [2.05, 4.69) is 23.3 Å². The molecule has 4 fully saturated rings. The summed E-state index contributed by atoms with van der Waals surface area (Å²) in [5, 5.41) is 0. The van der Waals surface area contributed by atoms with Gasteiger partial charge in [-0.15, -0.1) is 0 Å². The van der Waals surface area contributed by atoms with Crippen molar-refractivity contribution in [3.63, 3.8) is 0 Å². The van der Waals surface area contributed by atoms with E-state index in [0.29, 0.717) is 30.1 Å². The Hall–Kier alpha value is -2.66. The molecule has 4 aliphatic rings. The van der Waals surface area contributed by atoms with E-state index in [4.69, 9.17) is 0 Å². The van der Waals surface area contributed by atoms with Crippen LogP contribution in [0.4, 0.5) is 43.9 Å². The van der Waals surface area contributed by atoms with E-state index in [1.54, 1.807) is 12.1 Å². The number of hydrogen-bond donors (Lipinski definition) is 0. The molecule has 0 saturated heterocycles. The molecule has 6 rings (SSSR count). The Morgan fingerprint density at radius 2 is 0.846 bits per heavy atom. The summed E-state index contributed by atoms with van der Waals surface area (Å²) in [6.07, 6.45) is 6.50. The predicted molar refractivity (Wildman–Crippen MR) is 236 cm³/mol. The summed E-state index contributed by atoms with van der Waals surface area (Å²) in [6, 6.07) is 11.0. The van der Waals surface area contributed by atoms with Crippen molar-refractivity contribution in [3.8, 4) is 11.5 Å². The molecule has 2 aromatic rings. The minimum absolute atomic E-state index is 0.0202. The van der Waals surface area contributed by atoms with Gasteiger partial charge in [0.25, 0.3) is 0 Å². The molecule has 0 bridgehead atoms. The molecule has 2 atom stereocenters. The van der Waals surface area contributed by atoms with Crippen LogP contribution in [0.25, 0.3) is 0 Å². The maximum Gasteiger partial charge on any atom is 0.499 e. The fraction of sp³-hybridized carbons (Fsp3) is 0.774. The number of benzene rings is 2. The molecule has 0 aromatic heterocycles. The van der Waals surface area contributed by atoms with Crippen molar-refractivity contribution in [2.24, 2.45) is 53.3 Å². The first-order chi connectivity index (χ1) is 30.9. The average Bonchev–Trinajstić information content (AvgIpc) is 3.27. The van der Waals surface area contributed by atoms with E-state index in [-0.39, 0.29) is 17.8 Å². The Labute approximate surface area is 381 Å². The molecule has 2 unspecified atom stereocenters. The lowest BCUT2D eigenvalue weighted by Gasteiger charge is -2.43. The molecule has 368 valence electrons. The molecule has 0 heterocycles. The summed E-state index contributed by atoms with van der Waals surface area (Å²) in [4.78, 5) is 0. The molecule has 0 spiro atoms. The first-order valence-corrected chi connectivity index (χ1v) is 25.3. The first kappa shape index (κ1) is 51.7. The highest BCUT2D eigenvalue weighted by molar-refractivity contribution is 5.32. The highest BCUT2D eigenvalue weighted by atomic mass is 19.4. The second kappa shape index (κ2) is 23.1. The summed E-state index contributed by atoms with van der Waals surface area (Å²) >= 11 is 0. The molecule has 2 aromatic carbocycles. The van der Waals surface area contributed by atoms with Gasteiger partial charge in [0.2, 0.25) is 0 Å². The number of hydrogen-bond acceptors (Lipinski definition) is 2. The summed E-state index contributed by atoms with van der Waals surface area (Å²) in [5.41, 5.74) is 1.56. The Balaban J connectivity index is 1.22. The van der Waals surface area contributed by atoms with E-state index in [9.17, 15) is 43.9 Å². The zero-order valence-corrected chi connectivity index (χ0v) is 38.7. The highest BCUT2D eigenvalue weighted by Crippen LogP contribution is 2.51. The van der Waals surface area contributed by atoms with Crippen LogP contribution in [0.1, 0.15) is 185 Å². The van der Waals surface area contributed by atoms with Gasteiger partial charge in [0, 0.05) is 0 Å². The number of unbranched alkanes of at least 4 members (excludes halogenated alkanes) is 3. The molecule has 0 aliphatic heterocycles. The van der Waals surface area contributed by atoms with Crippen molar-refractivity contribution in [2.75, 3.05) is 0 Å². The molecule has 4 saturated carbocycles. The zero-order valence-electron chi connectivity index (χ0n) is 38.7. The molecule has 65 heavy (non-hydrogen) atoms. The topological polar surface area (TPSA) is 18.5 Å².